The fraction of sp³-hybridized carbons (Fsp3) is 0.294. The van der Waals surface area contributed by atoms with Gasteiger partial charge in [0.1, 0.15) is 0 Å². The van der Waals surface area contributed by atoms with Gasteiger partial charge in [-0.1, -0.05) is 60.7 Å². The maximum atomic E-state index is 5.64. The molecule has 0 spiro atoms. The van der Waals surface area contributed by atoms with E-state index in [0.29, 0.717) is 12.0 Å². The molecule has 1 heterocycles. The van der Waals surface area contributed by atoms with E-state index in [4.69, 9.17) is 4.74 Å². The van der Waals surface area contributed by atoms with Crippen LogP contribution in [0.3, 0.4) is 0 Å². The van der Waals surface area contributed by atoms with Crippen molar-refractivity contribution in [1.82, 2.24) is 5.32 Å². The van der Waals surface area contributed by atoms with Crippen LogP contribution in [0.15, 0.2) is 60.7 Å². The van der Waals surface area contributed by atoms with Crippen LogP contribution >= 0.6 is 0 Å². The third kappa shape index (κ3) is 2.86. The Labute approximate surface area is 114 Å². The van der Waals surface area contributed by atoms with Gasteiger partial charge in [-0.05, 0) is 11.1 Å². The smallest absolute Gasteiger partial charge is 0.0629 e. The van der Waals surface area contributed by atoms with Crippen molar-refractivity contribution >= 4 is 0 Å². The van der Waals surface area contributed by atoms with E-state index in [0.717, 1.165) is 19.8 Å². The first-order chi connectivity index (χ1) is 9.45. The van der Waals surface area contributed by atoms with E-state index in [-0.39, 0.29) is 0 Å². The Morgan fingerprint density at radius 2 is 1.47 bits per heavy atom. The molecule has 2 nitrogen and oxygen atoms in total. The maximum Gasteiger partial charge on any atom is 0.0629 e. The average molecular weight is 253 g/mol. The highest BCUT2D eigenvalue weighted by Crippen LogP contribution is 2.28. The Morgan fingerprint density at radius 3 is 1.95 bits per heavy atom. The standard InChI is InChI=1S/C17H19NO/c1-3-7-14(8-4-1)17(15-9-5-2-6-10-15)16-13-19-12-11-18-16/h1-10,16-18H,11-13H2. The fourth-order valence-corrected chi connectivity index (χ4v) is 2.78. The zero-order valence-electron chi connectivity index (χ0n) is 11.0. The number of benzene rings is 2. The van der Waals surface area contributed by atoms with Gasteiger partial charge in [0, 0.05) is 18.5 Å². The minimum atomic E-state index is 0.346. The van der Waals surface area contributed by atoms with Gasteiger partial charge in [-0.2, -0.15) is 0 Å². The summed E-state index contributed by atoms with van der Waals surface area (Å²) >= 11 is 0. The molecule has 0 aromatic heterocycles. The Bertz CT molecular complexity index is 452. The summed E-state index contributed by atoms with van der Waals surface area (Å²) in [6.45, 7) is 2.52. The third-order valence-corrected chi connectivity index (χ3v) is 3.67. The van der Waals surface area contributed by atoms with Gasteiger partial charge in [0.2, 0.25) is 0 Å². The van der Waals surface area contributed by atoms with Crippen LogP contribution in [0.2, 0.25) is 0 Å². The van der Waals surface area contributed by atoms with E-state index < -0.39 is 0 Å². The summed E-state index contributed by atoms with van der Waals surface area (Å²) in [6.07, 6.45) is 0. The van der Waals surface area contributed by atoms with Crippen LogP contribution in [0.1, 0.15) is 17.0 Å². The lowest BCUT2D eigenvalue weighted by Gasteiger charge is -2.32. The summed E-state index contributed by atoms with van der Waals surface area (Å²) in [6, 6.07) is 21.7. The molecule has 1 atom stereocenters. The molecule has 1 saturated heterocycles. The molecule has 0 saturated carbocycles. The molecule has 0 amide bonds. The molecule has 0 radical (unpaired) electrons. The van der Waals surface area contributed by atoms with Gasteiger partial charge in [-0.15, -0.1) is 0 Å². The Hall–Kier alpha value is -1.64. The number of morpholine rings is 1. The molecule has 19 heavy (non-hydrogen) atoms. The molecule has 1 unspecified atom stereocenters. The van der Waals surface area contributed by atoms with E-state index in [1.54, 1.807) is 0 Å². The first-order valence-electron chi connectivity index (χ1n) is 6.86. The van der Waals surface area contributed by atoms with Crippen LogP contribution in [0, 0.1) is 0 Å². The quantitative estimate of drug-likeness (QED) is 0.908. The summed E-state index contributed by atoms with van der Waals surface area (Å²) in [5, 5.41) is 3.59. The van der Waals surface area contributed by atoms with Gasteiger partial charge in [-0.3, -0.25) is 0 Å². The largest absolute Gasteiger partial charge is 0.378 e. The van der Waals surface area contributed by atoms with E-state index in [2.05, 4.69) is 66.0 Å². The van der Waals surface area contributed by atoms with Gasteiger partial charge < -0.3 is 10.1 Å². The van der Waals surface area contributed by atoms with Crippen molar-refractivity contribution < 1.29 is 4.74 Å². The second-order valence-electron chi connectivity index (χ2n) is 4.93. The first kappa shape index (κ1) is 12.4. The number of hydrogen-bond acceptors (Lipinski definition) is 2. The number of nitrogens with one attached hydrogen (secondary N) is 1. The minimum absolute atomic E-state index is 0.346. The molecular formula is C17H19NO. The zero-order chi connectivity index (χ0) is 12.9. The highest BCUT2D eigenvalue weighted by Gasteiger charge is 2.26. The van der Waals surface area contributed by atoms with Gasteiger partial charge in [0.25, 0.3) is 0 Å². The van der Waals surface area contributed by atoms with Crippen LogP contribution in [0.25, 0.3) is 0 Å². The second kappa shape index (κ2) is 6.00. The van der Waals surface area contributed by atoms with Gasteiger partial charge in [0.05, 0.1) is 13.2 Å². The van der Waals surface area contributed by atoms with Crippen molar-refractivity contribution in [3.63, 3.8) is 0 Å². The van der Waals surface area contributed by atoms with Gasteiger partial charge in [0.15, 0.2) is 0 Å². The van der Waals surface area contributed by atoms with Crippen molar-refractivity contribution in [2.45, 2.75) is 12.0 Å². The first-order valence-corrected chi connectivity index (χ1v) is 6.86. The van der Waals surface area contributed by atoms with Crippen LogP contribution < -0.4 is 5.32 Å². The molecule has 0 bridgehead atoms. The van der Waals surface area contributed by atoms with Crippen LogP contribution in [-0.4, -0.2) is 25.8 Å². The summed E-state index contributed by atoms with van der Waals surface area (Å²) < 4.78 is 5.64. The maximum absolute atomic E-state index is 5.64. The highest BCUT2D eigenvalue weighted by molar-refractivity contribution is 5.34. The van der Waals surface area contributed by atoms with Crippen molar-refractivity contribution in [1.29, 1.82) is 0 Å². The van der Waals surface area contributed by atoms with Crippen LogP contribution in [0.5, 0.6) is 0 Å². The summed E-state index contributed by atoms with van der Waals surface area (Å²) in [5.41, 5.74) is 2.69. The van der Waals surface area contributed by atoms with Gasteiger partial charge >= 0.3 is 0 Å². The van der Waals surface area contributed by atoms with Crippen LogP contribution in [0.4, 0.5) is 0 Å². The average Bonchev–Trinajstić information content (AvgIpc) is 2.51. The molecule has 1 aliphatic rings. The monoisotopic (exact) mass is 253 g/mol. The lowest BCUT2D eigenvalue weighted by molar-refractivity contribution is 0.0718. The number of rotatable bonds is 3. The molecule has 1 fully saturated rings. The summed E-state index contributed by atoms with van der Waals surface area (Å²) in [7, 11) is 0. The predicted molar refractivity (Wildman–Crippen MR) is 77.3 cm³/mol. The van der Waals surface area contributed by atoms with E-state index in [1.807, 2.05) is 0 Å². The van der Waals surface area contributed by atoms with E-state index in [1.165, 1.54) is 11.1 Å². The highest BCUT2D eigenvalue weighted by atomic mass is 16.5. The molecule has 3 rings (SSSR count). The third-order valence-electron chi connectivity index (χ3n) is 3.67. The van der Waals surface area contributed by atoms with Crippen molar-refractivity contribution in [3.8, 4) is 0 Å². The van der Waals surface area contributed by atoms with Crippen molar-refractivity contribution in [2.24, 2.45) is 0 Å². The van der Waals surface area contributed by atoms with Crippen LogP contribution in [-0.2, 0) is 4.74 Å². The predicted octanol–water partition coefficient (Wildman–Crippen LogP) is 2.81. The Morgan fingerprint density at radius 1 is 0.895 bits per heavy atom. The summed E-state index contributed by atoms with van der Waals surface area (Å²) in [4.78, 5) is 0. The molecule has 2 aromatic rings. The number of ether oxygens (including phenoxy) is 1. The molecule has 2 aromatic carbocycles. The Kier molecular flexibility index (Phi) is 3.92. The molecule has 1 aliphatic heterocycles. The minimum Gasteiger partial charge on any atom is -0.378 e. The molecular weight excluding hydrogens is 234 g/mol. The van der Waals surface area contributed by atoms with Crippen molar-refractivity contribution in [2.75, 3.05) is 19.8 Å². The molecule has 0 aliphatic carbocycles. The molecule has 1 N–H and O–H groups in total. The Balaban J connectivity index is 1.96. The normalized spacial score (nSPS) is 19.5. The van der Waals surface area contributed by atoms with Crippen molar-refractivity contribution in [3.05, 3.63) is 71.8 Å². The second-order valence-corrected chi connectivity index (χ2v) is 4.93. The van der Waals surface area contributed by atoms with E-state index in [9.17, 15) is 0 Å². The topological polar surface area (TPSA) is 21.3 Å². The summed E-state index contributed by atoms with van der Waals surface area (Å²) in [5.74, 6) is 0.350. The van der Waals surface area contributed by atoms with E-state index >= 15 is 0 Å². The molecule has 2 heteroatoms. The fourth-order valence-electron chi connectivity index (χ4n) is 2.78. The lowest BCUT2D eigenvalue weighted by atomic mass is 9.85. The van der Waals surface area contributed by atoms with Gasteiger partial charge in [-0.25, -0.2) is 0 Å². The zero-order valence-corrected chi connectivity index (χ0v) is 11.0. The SMILES string of the molecule is c1ccc(C(c2ccccc2)C2COCCN2)cc1. The lowest BCUT2D eigenvalue weighted by Crippen LogP contribution is -2.45. The molecule has 98 valence electrons. The number of hydrogen-bond donors (Lipinski definition) is 1.